The number of hydrogen-bond donors (Lipinski definition) is 1. The highest BCUT2D eigenvalue weighted by Crippen LogP contribution is 2.33. The predicted octanol–water partition coefficient (Wildman–Crippen LogP) is 4.15. The van der Waals surface area contributed by atoms with E-state index < -0.39 is 0 Å². The maximum atomic E-state index is 12.8. The van der Waals surface area contributed by atoms with Gasteiger partial charge in [-0.1, -0.05) is 32.9 Å². The van der Waals surface area contributed by atoms with Gasteiger partial charge in [0, 0.05) is 12.0 Å². The summed E-state index contributed by atoms with van der Waals surface area (Å²) in [5.41, 5.74) is 1.59. The minimum atomic E-state index is -0.123. The van der Waals surface area contributed by atoms with E-state index in [0.717, 1.165) is 36.5 Å². The first kappa shape index (κ1) is 18.2. The van der Waals surface area contributed by atoms with Crippen LogP contribution in [0.3, 0.4) is 0 Å². The van der Waals surface area contributed by atoms with E-state index in [1.807, 2.05) is 29.2 Å². The van der Waals surface area contributed by atoms with Gasteiger partial charge >= 0.3 is 6.03 Å². The van der Waals surface area contributed by atoms with E-state index in [4.69, 9.17) is 4.74 Å². The van der Waals surface area contributed by atoms with Crippen molar-refractivity contribution in [2.45, 2.75) is 45.1 Å². The van der Waals surface area contributed by atoms with Crippen molar-refractivity contribution in [1.82, 2.24) is 14.9 Å². The molecule has 1 N–H and O–H groups in total. The van der Waals surface area contributed by atoms with Crippen LogP contribution in [0.4, 0.5) is 10.5 Å². The molecule has 1 aliphatic rings. The van der Waals surface area contributed by atoms with Gasteiger partial charge in [-0.2, -0.15) is 0 Å². The first-order chi connectivity index (χ1) is 12.4. The van der Waals surface area contributed by atoms with Gasteiger partial charge in [-0.05, 0) is 30.5 Å². The molecule has 6 nitrogen and oxygen atoms in total. The zero-order valence-corrected chi connectivity index (χ0v) is 15.8. The minimum absolute atomic E-state index is 0.0554. The number of hydrogen-bond acceptors (Lipinski definition) is 4. The molecule has 26 heavy (non-hydrogen) atoms. The Morgan fingerprint density at radius 1 is 1.27 bits per heavy atom. The summed E-state index contributed by atoms with van der Waals surface area (Å²) < 4.78 is 5.31. The van der Waals surface area contributed by atoms with Crippen molar-refractivity contribution in [2.75, 3.05) is 19.0 Å². The van der Waals surface area contributed by atoms with Gasteiger partial charge in [0.1, 0.15) is 11.6 Å². The Bertz CT molecular complexity index is 768. The van der Waals surface area contributed by atoms with E-state index in [1.54, 1.807) is 19.5 Å². The molecule has 2 aromatic rings. The van der Waals surface area contributed by atoms with Crippen molar-refractivity contribution in [2.24, 2.45) is 0 Å². The van der Waals surface area contributed by atoms with E-state index in [2.05, 4.69) is 36.1 Å². The number of nitrogens with zero attached hydrogens (tertiary/aromatic N) is 3. The molecule has 0 radical (unpaired) electrons. The van der Waals surface area contributed by atoms with Crippen LogP contribution in [0.1, 0.15) is 51.0 Å². The molecule has 1 saturated heterocycles. The number of methoxy groups -OCH3 is 1. The van der Waals surface area contributed by atoms with Gasteiger partial charge in [0.25, 0.3) is 0 Å². The van der Waals surface area contributed by atoms with Crippen LogP contribution in [0.5, 0.6) is 5.75 Å². The summed E-state index contributed by atoms with van der Waals surface area (Å²) >= 11 is 0. The van der Waals surface area contributed by atoms with Gasteiger partial charge in [0.05, 0.1) is 31.2 Å². The van der Waals surface area contributed by atoms with Gasteiger partial charge in [0.2, 0.25) is 0 Å². The number of ether oxygens (including phenoxy) is 1. The second-order valence-corrected chi connectivity index (χ2v) is 7.60. The Labute approximate surface area is 154 Å². The standard InChI is InChI=1S/C20H26N4O2/c1-20(2,3)18-21-12-15(13-22-18)23-19(25)24-10-6-9-17(24)14-7-5-8-16(11-14)26-4/h5,7-8,11-13,17H,6,9-10H2,1-4H3,(H,23,25)/t17-/m0/s1. The normalized spacial score (nSPS) is 17.2. The third-order valence-corrected chi connectivity index (χ3v) is 4.57. The molecular weight excluding hydrogens is 328 g/mol. The first-order valence-corrected chi connectivity index (χ1v) is 8.92. The molecule has 1 aromatic heterocycles. The van der Waals surface area contributed by atoms with Crippen molar-refractivity contribution in [1.29, 1.82) is 0 Å². The van der Waals surface area contributed by atoms with Crippen LogP contribution in [0.15, 0.2) is 36.7 Å². The average Bonchev–Trinajstić information content (AvgIpc) is 3.11. The lowest BCUT2D eigenvalue weighted by atomic mass is 9.96. The number of anilines is 1. The molecule has 0 bridgehead atoms. The number of carbonyl (C=O) groups excluding carboxylic acids is 1. The number of nitrogens with one attached hydrogen (secondary N) is 1. The summed E-state index contributed by atoms with van der Waals surface area (Å²) in [4.78, 5) is 23.4. The van der Waals surface area contributed by atoms with Gasteiger partial charge < -0.3 is 15.0 Å². The largest absolute Gasteiger partial charge is 0.497 e. The van der Waals surface area contributed by atoms with Gasteiger partial charge in [-0.25, -0.2) is 14.8 Å². The van der Waals surface area contributed by atoms with Crippen LogP contribution in [-0.2, 0) is 5.41 Å². The highest BCUT2D eigenvalue weighted by molar-refractivity contribution is 5.89. The highest BCUT2D eigenvalue weighted by Gasteiger charge is 2.30. The lowest BCUT2D eigenvalue weighted by Crippen LogP contribution is -2.34. The van der Waals surface area contributed by atoms with E-state index in [1.165, 1.54) is 0 Å². The zero-order chi connectivity index (χ0) is 18.7. The molecule has 6 heteroatoms. The minimum Gasteiger partial charge on any atom is -0.497 e. The second kappa shape index (κ2) is 7.32. The third kappa shape index (κ3) is 3.95. The Hall–Kier alpha value is -2.63. The third-order valence-electron chi connectivity index (χ3n) is 4.57. The molecule has 138 valence electrons. The maximum Gasteiger partial charge on any atom is 0.322 e. The van der Waals surface area contributed by atoms with Crippen molar-refractivity contribution in [3.05, 3.63) is 48.0 Å². The Balaban J connectivity index is 1.72. The Morgan fingerprint density at radius 2 is 2.00 bits per heavy atom. The van der Waals surface area contributed by atoms with Crippen molar-refractivity contribution < 1.29 is 9.53 Å². The number of rotatable bonds is 3. The number of carbonyl (C=O) groups is 1. The fraction of sp³-hybridized carbons (Fsp3) is 0.450. The number of aromatic nitrogens is 2. The van der Waals surface area contributed by atoms with Crippen molar-refractivity contribution >= 4 is 11.7 Å². The summed E-state index contributed by atoms with van der Waals surface area (Å²) in [5, 5.41) is 2.92. The lowest BCUT2D eigenvalue weighted by molar-refractivity contribution is 0.207. The van der Waals surface area contributed by atoms with E-state index in [9.17, 15) is 4.79 Å². The monoisotopic (exact) mass is 354 g/mol. The lowest BCUT2D eigenvalue weighted by Gasteiger charge is -2.25. The molecular formula is C20H26N4O2. The quantitative estimate of drug-likeness (QED) is 0.899. The van der Waals surface area contributed by atoms with Gasteiger partial charge in [-0.15, -0.1) is 0 Å². The molecule has 0 aliphatic carbocycles. The van der Waals surface area contributed by atoms with Crippen LogP contribution in [0.2, 0.25) is 0 Å². The number of benzene rings is 1. The molecule has 0 saturated carbocycles. The van der Waals surface area contributed by atoms with Crippen LogP contribution < -0.4 is 10.1 Å². The fourth-order valence-corrected chi connectivity index (χ4v) is 3.18. The molecule has 1 aromatic carbocycles. The first-order valence-electron chi connectivity index (χ1n) is 8.92. The van der Waals surface area contributed by atoms with Crippen LogP contribution in [0.25, 0.3) is 0 Å². The second-order valence-electron chi connectivity index (χ2n) is 7.60. The van der Waals surface area contributed by atoms with E-state index in [-0.39, 0.29) is 17.5 Å². The number of likely N-dealkylation sites (tertiary alicyclic amines) is 1. The molecule has 1 fully saturated rings. The van der Waals surface area contributed by atoms with Gasteiger partial charge in [0.15, 0.2) is 0 Å². The van der Waals surface area contributed by atoms with Crippen LogP contribution in [-0.4, -0.2) is 34.6 Å². The molecule has 3 rings (SSSR count). The Kier molecular flexibility index (Phi) is 5.11. The molecule has 0 unspecified atom stereocenters. The van der Waals surface area contributed by atoms with Crippen LogP contribution >= 0.6 is 0 Å². The van der Waals surface area contributed by atoms with Crippen molar-refractivity contribution in [3.8, 4) is 5.75 Å². The molecule has 1 aliphatic heterocycles. The summed E-state index contributed by atoms with van der Waals surface area (Å²) in [6, 6.07) is 7.85. The maximum absolute atomic E-state index is 12.8. The van der Waals surface area contributed by atoms with E-state index >= 15 is 0 Å². The average molecular weight is 354 g/mol. The fourth-order valence-electron chi connectivity index (χ4n) is 3.18. The summed E-state index contributed by atoms with van der Waals surface area (Å²) in [6.07, 6.45) is 5.26. The van der Waals surface area contributed by atoms with Gasteiger partial charge in [-0.3, -0.25) is 0 Å². The Morgan fingerprint density at radius 3 is 2.65 bits per heavy atom. The smallest absolute Gasteiger partial charge is 0.322 e. The van der Waals surface area contributed by atoms with Crippen LogP contribution in [0, 0.1) is 0 Å². The summed E-state index contributed by atoms with van der Waals surface area (Å²) in [7, 11) is 1.65. The number of urea groups is 1. The highest BCUT2D eigenvalue weighted by atomic mass is 16.5. The topological polar surface area (TPSA) is 67.3 Å². The zero-order valence-electron chi connectivity index (χ0n) is 15.8. The predicted molar refractivity (Wildman–Crippen MR) is 101 cm³/mol. The molecule has 2 heterocycles. The summed E-state index contributed by atoms with van der Waals surface area (Å²) in [6.45, 7) is 6.91. The van der Waals surface area contributed by atoms with Crippen molar-refractivity contribution in [3.63, 3.8) is 0 Å². The number of amides is 2. The molecule has 0 spiro atoms. The SMILES string of the molecule is COc1cccc([C@@H]2CCCN2C(=O)Nc2cnc(C(C)(C)C)nc2)c1. The molecule has 1 atom stereocenters. The molecule has 2 amide bonds. The van der Waals surface area contributed by atoms with E-state index in [0.29, 0.717) is 5.69 Å². The summed E-state index contributed by atoms with van der Waals surface area (Å²) in [5.74, 6) is 1.56.